The lowest BCUT2D eigenvalue weighted by molar-refractivity contribution is -0.384. The van der Waals surface area contributed by atoms with E-state index in [0.717, 1.165) is 16.0 Å². The molecular formula is C32H29N3O7S2. The summed E-state index contributed by atoms with van der Waals surface area (Å²) in [6.45, 7) is 3.89. The van der Waals surface area contributed by atoms with E-state index >= 15 is 0 Å². The van der Waals surface area contributed by atoms with Crippen molar-refractivity contribution in [2.75, 3.05) is 20.0 Å². The molecule has 0 fully saturated rings. The van der Waals surface area contributed by atoms with E-state index < -0.39 is 16.9 Å². The molecule has 12 heteroatoms. The van der Waals surface area contributed by atoms with Crippen molar-refractivity contribution < 1.29 is 23.9 Å². The van der Waals surface area contributed by atoms with Crippen LogP contribution in [0.1, 0.15) is 36.6 Å². The molecule has 0 saturated heterocycles. The quantitative estimate of drug-likeness (QED) is 0.104. The van der Waals surface area contributed by atoms with Crippen LogP contribution in [-0.4, -0.2) is 35.4 Å². The molecule has 1 aromatic heterocycles. The largest absolute Gasteiger partial charge is 0.493 e. The zero-order valence-electron chi connectivity index (χ0n) is 24.4. The molecular weight excluding hydrogens is 603 g/mol. The van der Waals surface area contributed by atoms with Crippen LogP contribution >= 0.6 is 23.1 Å². The minimum Gasteiger partial charge on any atom is -0.493 e. The number of carbonyl (C=O) groups is 1. The molecule has 226 valence electrons. The fourth-order valence-electron chi connectivity index (χ4n) is 4.81. The molecule has 0 radical (unpaired) electrons. The van der Waals surface area contributed by atoms with Gasteiger partial charge in [0, 0.05) is 17.0 Å². The number of nitro benzene ring substituents is 1. The maximum atomic E-state index is 13.9. The number of thioether (sulfide) groups is 1. The highest BCUT2D eigenvalue weighted by molar-refractivity contribution is 7.98. The number of aromatic nitrogens is 1. The summed E-state index contributed by atoms with van der Waals surface area (Å²) in [6.07, 6.45) is 3.74. The number of benzene rings is 3. The molecule has 2 heterocycles. The molecule has 4 aromatic rings. The van der Waals surface area contributed by atoms with Crippen LogP contribution in [0.5, 0.6) is 11.5 Å². The van der Waals surface area contributed by atoms with Crippen LogP contribution in [-0.2, 0) is 16.1 Å². The lowest BCUT2D eigenvalue weighted by Gasteiger charge is -2.24. The highest BCUT2D eigenvalue weighted by Crippen LogP contribution is 2.32. The Balaban J connectivity index is 1.50. The number of ether oxygens (including phenoxy) is 3. The first-order valence-electron chi connectivity index (χ1n) is 13.6. The molecule has 0 spiro atoms. The van der Waals surface area contributed by atoms with Gasteiger partial charge < -0.3 is 14.2 Å². The second kappa shape index (κ2) is 13.3. The van der Waals surface area contributed by atoms with Crippen molar-refractivity contribution in [3.63, 3.8) is 0 Å². The fourth-order valence-corrected chi connectivity index (χ4v) is 6.27. The molecule has 1 atom stereocenters. The first-order valence-corrected chi connectivity index (χ1v) is 15.7. The van der Waals surface area contributed by atoms with Gasteiger partial charge >= 0.3 is 5.97 Å². The molecule has 10 nitrogen and oxygen atoms in total. The second-order valence-electron chi connectivity index (χ2n) is 9.70. The van der Waals surface area contributed by atoms with Gasteiger partial charge in [0.15, 0.2) is 16.3 Å². The Morgan fingerprint density at radius 1 is 1.11 bits per heavy atom. The van der Waals surface area contributed by atoms with Crippen LogP contribution in [0.2, 0.25) is 0 Å². The fraction of sp³-hybridized carbons (Fsp3) is 0.219. The zero-order chi connectivity index (χ0) is 31.4. The molecule has 44 heavy (non-hydrogen) atoms. The Kier molecular flexibility index (Phi) is 9.31. The number of carbonyl (C=O) groups excluding carboxylic acids is 1. The topological polar surface area (TPSA) is 122 Å². The van der Waals surface area contributed by atoms with Crippen molar-refractivity contribution in [2.24, 2.45) is 4.99 Å². The van der Waals surface area contributed by atoms with Crippen molar-refractivity contribution >= 4 is 40.8 Å². The number of nitrogens with zero attached hydrogens (tertiary/aromatic N) is 3. The summed E-state index contributed by atoms with van der Waals surface area (Å²) >= 11 is 2.85. The average Bonchev–Trinajstić information content (AvgIpc) is 3.33. The number of methoxy groups -OCH3 is 1. The van der Waals surface area contributed by atoms with Crippen molar-refractivity contribution in [1.29, 1.82) is 0 Å². The van der Waals surface area contributed by atoms with E-state index in [0.29, 0.717) is 37.7 Å². The Morgan fingerprint density at radius 2 is 1.84 bits per heavy atom. The van der Waals surface area contributed by atoms with E-state index in [9.17, 15) is 19.7 Å². The molecule has 1 aliphatic rings. The van der Waals surface area contributed by atoms with Gasteiger partial charge in [0.1, 0.15) is 6.61 Å². The highest BCUT2D eigenvalue weighted by Gasteiger charge is 2.33. The number of thiazole rings is 1. The Labute approximate surface area is 261 Å². The smallest absolute Gasteiger partial charge is 0.338 e. The van der Waals surface area contributed by atoms with E-state index in [1.165, 1.54) is 30.6 Å². The van der Waals surface area contributed by atoms with Gasteiger partial charge in [-0.15, -0.1) is 11.8 Å². The first kappa shape index (κ1) is 30.8. The van der Waals surface area contributed by atoms with E-state index in [-0.39, 0.29) is 24.5 Å². The molecule has 1 aliphatic heterocycles. The standard InChI is InChI=1S/C32H29N3O7S2/c1-5-41-31(37)28-19(2)33-32-34(29(28)22-9-13-24(43-4)14-10-22)30(36)27(44-32)17-21-8-15-25(26(16-21)40-3)42-18-20-6-11-23(12-7-20)35(38)39/h6-17,29H,5,18H2,1-4H3/b27-17-/t29-/m1/s1. The number of hydrogen-bond donors (Lipinski definition) is 0. The monoisotopic (exact) mass is 631 g/mol. The van der Waals surface area contributed by atoms with Gasteiger partial charge in [0.2, 0.25) is 0 Å². The van der Waals surface area contributed by atoms with Crippen LogP contribution in [0.15, 0.2) is 92.7 Å². The van der Waals surface area contributed by atoms with Crippen LogP contribution < -0.4 is 24.4 Å². The van der Waals surface area contributed by atoms with Gasteiger partial charge in [-0.1, -0.05) is 29.5 Å². The van der Waals surface area contributed by atoms with Crippen molar-refractivity contribution in [2.45, 2.75) is 31.4 Å². The van der Waals surface area contributed by atoms with Gasteiger partial charge in [-0.25, -0.2) is 9.79 Å². The third-order valence-corrected chi connectivity index (χ3v) is 8.70. The van der Waals surface area contributed by atoms with Crippen molar-refractivity contribution in [3.05, 3.63) is 124 Å². The third kappa shape index (κ3) is 6.31. The highest BCUT2D eigenvalue weighted by atomic mass is 32.2. The molecule has 0 saturated carbocycles. The number of rotatable bonds is 10. The summed E-state index contributed by atoms with van der Waals surface area (Å²) in [5.41, 5.74) is 2.82. The summed E-state index contributed by atoms with van der Waals surface area (Å²) < 4.78 is 18.8. The van der Waals surface area contributed by atoms with E-state index in [4.69, 9.17) is 14.2 Å². The van der Waals surface area contributed by atoms with Crippen LogP contribution in [0.4, 0.5) is 5.69 Å². The summed E-state index contributed by atoms with van der Waals surface area (Å²) in [6, 6.07) is 18.5. The van der Waals surface area contributed by atoms with Gasteiger partial charge in [-0.05, 0) is 79.3 Å². The summed E-state index contributed by atoms with van der Waals surface area (Å²) in [5.74, 6) is 0.435. The van der Waals surface area contributed by atoms with E-state index in [2.05, 4.69) is 4.99 Å². The molecule has 0 N–H and O–H groups in total. The molecule has 5 rings (SSSR count). The number of nitro groups is 1. The minimum atomic E-state index is -0.687. The average molecular weight is 632 g/mol. The number of non-ortho nitro benzene ring substituents is 1. The van der Waals surface area contributed by atoms with Gasteiger partial charge in [0.25, 0.3) is 11.2 Å². The van der Waals surface area contributed by atoms with Gasteiger partial charge in [-0.3, -0.25) is 19.5 Å². The Morgan fingerprint density at radius 3 is 2.48 bits per heavy atom. The number of fused-ring (bicyclic) bond motifs is 1. The lowest BCUT2D eigenvalue weighted by atomic mass is 9.96. The van der Waals surface area contributed by atoms with Crippen LogP contribution in [0.3, 0.4) is 0 Å². The Hall–Kier alpha value is -4.68. The van der Waals surface area contributed by atoms with Crippen LogP contribution in [0.25, 0.3) is 6.08 Å². The summed E-state index contributed by atoms with van der Waals surface area (Å²) in [5, 5.41) is 10.9. The number of allylic oxidation sites excluding steroid dienone is 1. The summed E-state index contributed by atoms with van der Waals surface area (Å²) in [4.78, 5) is 43.7. The zero-order valence-corrected chi connectivity index (χ0v) is 26.1. The van der Waals surface area contributed by atoms with Gasteiger partial charge in [0.05, 0.1) is 40.5 Å². The maximum Gasteiger partial charge on any atom is 0.338 e. The predicted molar refractivity (Wildman–Crippen MR) is 169 cm³/mol. The summed E-state index contributed by atoms with van der Waals surface area (Å²) in [7, 11) is 1.52. The number of esters is 1. The minimum absolute atomic E-state index is 0.00746. The molecule has 0 amide bonds. The second-order valence-corrected chi connectivity index (χ2v) is 11.6. The normalized spacial score (nSPS) is 14.5. The predicted octanol–water partition coefficient (Wildman–Crippen LogP) is 5.02. The first-order chi connectivity index (χ1) is 21.2. The van der Waals surface area contributed by atoms with Gasteiger partial charge in [-0.2, -0.15) is 0 Å². The molecule has 0 aliphatic carbocycles. The molecule has 0 bridgehead atoms. The van der Waals surface area contributed by atoms with E-state index in [1.54, 1.807) is 66.6 Å². The Bertz CT molecular complexity index is 1930. The maximum absolute atomic E-state index is 13.9. The van der Waals surface area contributed by atoms with Crippen LogP contribution in [0, 0.1) is 10.1 Å². The van der Waals surface area contributed by atoms with Crippen molar-refractivity contribution in [3.8, 4) is 11.5 Å². The lowest BCUT2D eigenvalue weighted by Crippen LogP contribution is -2.39. The molecule has 3 aromatic carbocycles. The SMILES string of the molecule is CCOC(=O)C1=C(C)N=c2s/c(=C\c3ccc(OCc4ccc([N+](=O)[O-])cc4)c(OC)c3)c(=O)n2[C@@H]1c1ccc(SC)cc1. The molecule has 0 unspecified atom stereocenters. The van der Waals surface area contributed by atoms with E-state index in [1.807, 2.05) is 30.5 Å². The number of hydrogen-bond acceptors (Lipinski definition) is 10. The third-order valence-electron chi connectivity index (χ3n) is 6.98. The van der Waals surface area contributed by atoms with Crippen molar-refractivity contribution in [1.82, 2.24) is 4.57 Å².